The number of carbonyl (C=O) groups excluding carboxylic acids is 1. The zero-order valence-electron chi connectivity index (χ0n) is 15.7. The maximum Gasteiger partial charge on any atom is 0.236 e. The molecule has 0 bridgehead atoms. The molecular weight excluding hydrogens is 324 g/mol. The van der Waals surface area contributed by atoms with Crippen molar-refractivity contribution < 1.29 is 4.79 Å². The highest BCUT2D eigenvalue weighted by atomic mass is 16.2. The van der Waals surface area contributed by atoms with Crippen LogP contribution < -0.4 is 5.32 Å². The number of nitrogens with zero attached hydrogens (tertiary/aromatic N) is 3. The van der Waals surface area contributed by atoms with Gasteiger partial charge in [0.2, 0.25) is 5.91 Å². The maximum atomic E-state index is 12.8. The third-order valence-electron chi connectivity index (χ3n) is 5.04. The molecule has 5 heteroatoms. The Labute approximate surface area is 156 Å². The van der Waals surface area contributed by atoms with Gasteiger partial charge in [-0.15, -0.1) is 0 Å². The van der Waals surface area contributed by atoms with Crippen LogP contribution in [0.4, 0.5) is 0 Å². The molecule has 1 N–H and O–H groups in total. The van der Waals surface area contributed by atoms with Gasteiger partial charge in [0.05, 0.1) is 6.54 Å². The fourth-order valence-electron chi connectivity index (χ4n) is 3.37. The average molecular weight is 352 g/mol. The molecule has 1 fully saturated rings. The Balaban J connectivity index is 1.61. The molecule has 0 saturated carbocycles. The van der Waals surface area contributed by atoms with Crippen molar-refractivity contribution >= 4 is 5.91 Å². The van der Waals surface area contributed by atoms with E-state index in [1.54, 1.807) is 6.20 Å². The van der Waals surface area contributed by atoms with E-state index in [1.807, 2.05) is 24.2 Å². The third-order valence-corrected chi connectivity index (χ3v) is 5.04. The monoisotopic (exact) mass is 352 g/mol. The van der Waals surface area contributed by atoms with Crippen LogP contribution >= 0.6 is 0 Å². The Hall–Kier alpha value is -2.24. The first-order chi connectivity index (χ1) is 12.7. The molecule has 1 saturated heterocycles. The van der Waals surface area contributed by atoms with Crippen LogP contribution in [0.1, 0.15) is 29.7 Å². The summed E-state index contributed by atoms with van der Waals surface area (Å²) >= 11 is 0. The summed E-state index contributed by atoms with van der Waals surface area (Å²) in [5, 5.41) is 3.42. The molecule has 0 spiro atoms. The van der Waals surface area contributed by atoms with Crippen molar-refractivity contribution in [3.8, 4) is 0 Å². The van der Waals surface area contributed by atoms with Gasteiger partial charge in [0.25, 0.3) is 0 Å². The molecule has 138 valence electrons. The lowest BCUT2D eigenvalue weighted by molar-refractivity contribution is -0.132. The van der Waals surface area contributed by atoms with E-state index in [-0.39, 0.29) is 11.9 Å². The van der Waals surface area contributed by atoms with Crippen LogP contribution in [0.3, 0.4) is 0 Å². The minimum Gasteiger partial charge on any atom is -0.340 e. The van der Waals surface area contributed by atoms with Gasteiger partial charge < -0.3 is 10.2 Å². The molecule has 2 aromatic rings. The Morgan fingerprint density at radius 3 is 2.73 bits per heavy atom. The van der Waals surface area contributed by atoms with Gasteiger partial charge in [0.1, 0.15) is 0 Å². The molecule has 1 atom stereocenters. The lowest BCUT2D eigenvalue weighted by atomic mass is 10.1. The minimum absolute atomic E-state index is 0.153. The average Bonchev–Trinajstić information content (AvgIpc) is 2.69. The van der Waals surface area contributed by atoms with Crippen LogP contribution in [0.25, 0.3) is 0 Å². The second-order valence-corrected chi connectivity index (χ2v) is 6.90. The molecule has 1 aromatic carbocycles. The molecule has 0 aliphatic carbocycles. The number of aromatic nitrogens is 1. The number of amides is 1. The van der Waals surface area contributed by atoms with E-state index in [0.29, 0.717) is 13.1 Å². The quantitative estimate of drug-likeness (QED) is 0.866. The van der Waals surface area contributed by atoms with Gasteiger partial charge in [-0.3, -0.25) is 14.7 Å². The standard InChI is InChI=1S/C21H28N4O/c1-3-17-6-8-18(9-7-17)15-24(2)21(26)16-25-12-11-23-14-20(25)19-5-4-10-22-13-19/h4-10,13,20,23H,3,11-12,14-16H2,1-2H3. The van der Waals surface area contributed by atoms with E-state index in [2.05, 4.69) is 52.5 Å². The van der Waals surface area contributed by atoms with Crippen molar-refractivity contribution in [2.24, 2.45) is 0 Å². The van der Waals surface area contributed by atoms with Gasteiger partial charge in [0, 0.05) is 51.7 Å². The SMILES string of the molecule is CCc1ccc(CN(C)C(=O)CN2CCNCC2c2cccnc2)cc1. The number of benzene rings is 1. The number of aryl methyl sites for hydroxylation is 1. The number of nitrogens with one attached hydrogen (secondary N) is 1. The van der Waals surface area contributed by atoms with Gasteiger partial charge in [-0.05, 0) is 29.2 Å². The van der Waals surface area contributed by atoms with E-state index in [0.717, 1.165) is 31.6 Å². The zero-order valence-corrected chi connectivity index (χ0v) is 15.7. The van der Waals surface area contributed by atoms with E-state index in [4.69, 9.17) is 0 Å². The smallest absolute Gasteiger partial charge is 0.236 e. The van der Waals surface area contributed by atoms with E-state index >= 15 is 0 Å². The van der Waals surface area contributed by atoms with Crippen LogP contribution in [-0.2, 0) is 17.8 Å². The molecule has 0 radical (unpaired) electrons. The first kappa shape index (κ1) is 18.5. The number of piperazine rings is 1. The number of rotatable bonds is 6. The number of hydrogen-bond acceptors (Lipinski definition) is 4. The van der Waals surface area contributed by atoms with Crippen molar-refractivity contribution in [3.63, 3.8) is 0 Å². The number of likely N-dealkylation sites (N-methyl/N-ethyl adjacent to an activating group) is 1. The maximum absolute atomic E-state index is 12.8. The summed E-state index contributed by atoms with van der Waals surface area (Å²) in [7, 11) is 1.89. The summed E-state index contributed by atoms with van der Waals surface area (Å²) in [5.41, 5.74) is 3.65. The molecule has 3 rings (SSSR count). The molecule has 26 heavy (non-hydrogen) atoms. The molecule has 5 nitrogen and oxygen atoms in total. The predicted molar refractivity (Wildman–Crippen MR) is 104 cm³/mol. The highest BCUT2D eigenvalue weighted by molar-refractivity contribution is 5.78. The second-order valence-electron chi connectivity index (χ2n) is 6.90. The Bertz CT molecular complexity index is 702. The number of pyridine rings is 1. The van der Waals surface area contributed by atoms with Crippen molar-refractivity contribution in [2.45, 2.75) is 25.9 Å². The van der Waals surface area contributed by atoms with E-state index in [1.165, 1.54) is 11.1 Å². The van der Waals surface area contributed by atoms with Crippen LogP contribution in [0.15, 0.2) is 48.8 Å². The normalized spacial score (nSPS) is 17.8. The van der Waals surface area contributed by atoms with E-state index in [9.17, 15) is 4.79 Å². The van der Waals surface area contributed by atoms with Gasteiger partial charge in [-0.1, -0.05) is 37.3 Å². The highest BCUT2D eigenvalue weighted by Crippen LogP contribution is 2.21. The Kier molecular flexibility index (Phi) is 6.36. The molecule has 1 aromatic heterocycles. The largest absolute Gasteiger partial charge is 0.340 e. The highest BCUT2D eigenvalue weighted by Gasteiger charge is 2.26. The fourth-order valence-corrected chi connectivity index (χ4v) is 3.37. The third kappa shape index (κ3) is 4.68. The summed E-state index contributed by atoms with van der Waals surface area (Å²) in [6.45, 7) is 5.85. The first-order valence-electron chi connectivity index (χ1n) is 9.34. The summed E-state index contributed by atoms with van der Waals surface area (Å²) in [6.07, 6.45) is 4.72. The first-order valence-corrected chi connectivity index (χ1v) is 9.34. The van der Waals surface area contributed by atoms with Crippen LogP contribution in [0, 0.1) is 0 Å². The Morgan fingerprint density at radius 2 is 2.04 bits per heavy atom. The molecule has 2 heterocycles. The summed E-state index contributed by atoms with van der Waals surface area (Å²) < 4.78 is 0. The lowest BCUT2D eigenvalue weighted by Crippen LogP contribution is -2.49. The van der Waals surface area contributed by atoms with Crippen molar-refractivity contribution in [1.29, 1.82) is 0 Å². The molecule has 1 aliphatic heterocycles. The minimum atomic E-state index is 0.153. The molecule has 1 unspecified atom stereocenters. The van der Waals surface area contributed by atoms with Crippen LogP contribution in [0.5, 0.6) is 0 Å². The summed E-state index contributed by atoms with van der Waals surface area (Å²) in [6, 6.07) is 12.7. The fraction of sp³-hybridized carbons (Fsp3) is 0.429. The molecule has 1 amide bonds. The van der Waals surface area contributed by atoms with Crippen molar-refractivity contribution in [3.05, 3.63) is 65.5 Å². The van der Waals surface area contributed by atoms with Gasteiger partial charge in [0.15, 0.2) is 0 Å². The number of hydrogen-bond donors (Lipinski definition) is 1. The van der Waals surface area contributed by atoms with E-state index < -0.39 is 0 Å². The zero-order chi connectivity index (χ0) is 18.4. The predicted octanol–water partition coefficient (Wildman–Crippen LogP) is 2.25. The summed E-state index contributed by atoms with van der Waals surface area (Å²) in [5.74, 6) is 0.153. The van der Waals surface area contributed by atoms with Gasteiger partial charge in [-0.2, -0.15) is 0 Å². The van der Waals surface area contributed by atoms with Crippen molar-refractivity contribution in [2.75, 3.05) is 33.2 Å². The van der Waals surface area contributed by atoms with Crippen molar-refractivity contribution in [1.82, 2.24) is 20.1 Å². The van der Waals surface area contributed by atoms with Crippen LogP contribution in [-0.4, -0.2) is 53.9 Å². The molecule has 1 aliphatic rings. The van der Waals surface area contributed by atoms with Gasteiger partial charge >= 0.3 is 0 Å². The second kappa shape index (κ2) is 8.92. The topological polar surface area (TPSA) is 48.5 Å². The van der Waals surface area contributed by atoms with Crippen LogP contribution in [0.2, 0.25) is 0 Å². The molecular formula is C21H28N4O. The number of carbonyl (C=O) groups is 1. The Morgan fingerprint density at radius 1 is 1.27 bits per heavy atom. The lowest BCUT2D eigenvalue weighted by Gasteiger charge is -2.36. The van der Waals surface area contributed by atoms with Gasteiger partial charge in [-0.25, -0.2) is 0 Å². The summed E-state index contributed by atoms with van der Waals surface area (Å²) in [4.78, 5) is 21.1.